The molecule has 0 bridgehead atoms. The number of rotatable bonds is 5. The van der Waals surface area contributed by atoms with Gasteiger partial charge < -0.3 is 10.1 Å². The Hall–Kier alpha value is -2.01. The van der Waals surface area contributed by atoms with Gasteiger partial charge in [-0.25, -0.2) is 9.37 Å². The summed E-state index contributed by atoms with van der Waals surface area (Å²) in [5.74, 6) is -1.84. The summed E-state index contributed by atoms with van der Waals surface area (Å²) >= 11 is 0. The molecule has 3 nitrogen and oxygen atoms in total. The molecule has 1 fully saturated rings. The second kappa shape index (κ2) is 5.77. The number of hydrogen-bond donors (Lipinski definition) is 1. The van der Waals surface area contributed by atoms with Gasteiger partial charge in [-0.1, -0.05) is 12.1 Å². The zero-order valence-corrected chi connectivity index (χ0v) is 11.7. The highest BCUT2D eigenvalue weighted by atomic mass is 19.2. The van der Waals surface area contributed by atoms with E-state index in [0.29, 0.717) is 6.04 Å². The van der Waals surface area contributed by atoms with Gasteiger partial charge in [0, 0.05) is 24.3 Å². The Kier molecular flexibility index (Phi) is 3.84. The third kappa shape index (κ3) is 3.36. The number of aromatic nitrogens is 1. The van der Waals surface area contributed by atoms with Crippen molar-refractivity contribution >= 4 is 0 Å². The van der Waals surface area contributed by atoms with Crippen molar-refractivity contribution < 1.29 is 13.5 Å². The van der Waals surface area contributed by atoms with E-state index in [1.54, 1.807) is 6.07 Å². The van der Waals surface area contributed by atoms with Crippen molar-refractivity contribution in [3.05, 3.63) is 53.2 Å². The van der Waals surface area contributed by atoms with Gasteiger partial charge in [-0.2, -0.15) is 4.39 Å². The quantitative estimate of drug-likeness (QED) is 0.911. The molecule has 5 heteroatoms. The number of ether oxygens (including phenoxy) is 1. The summed E-state index contributed by atoms with van der Waals surface area (Å²) < 4.78 is 32.0. The van der Waals surface area contributed by atoms with Crippen LogP contribution in [-0.4, -0.2) is 11.0 Å². The zero-order valence-electron chi connectivity index (χ0n) is 11.7. The van der Waals surface area contributed by atoms with E-state index in [4.69, 9.17) is 4.74 Å². The largest absolute Gasteiger partial charge is 0.436 e. The number of pyridine rings is 1. The molecule has 1 heterocycles. The fourth-order valence-corrected chi connectivity index (χ4v) is 2.03. The highest BCUT2D eigenvalue weighted by molar-refractivity contribution is 5.31. The molecule has 0 spiro atoms. The summed E-state index contributed by atoms with van der Waals surface area (Å²) in [6, 6.07) is 8.01. The molecular formula is C16H16F2N2O. The molecule has 1 aromatic heterocycles. The number of hydrogen-bond acceptors (Lipinski definition) is 3. The van der Waals surface area contributed by atoms with Crippen LogP contribution in [0.4, 0.5) is 8.78 Å². The highest BCUT2D eigenvalue weighted by Gasteiger charge is 2.20. The molecule has 0 amide bonds. The first-order chi connectivity index (χ1) is 10.1. The van der Waals surface area contributed by atoms with Gasteiger partial charge in [-0.05, 0) is 37.5 Å². The Morgan fingerprint density at radius 1 is 1.24 bits per heavy atom. The number of nitrogens with zero attached hydrogens (tertiary/aromatic N) is 1. The van der Waals surface area contributed by atoms with Crippen LogP contribution in [0.1, 0.15) is 24.1 Å². The van der Waals surface area contributed by atoms with Crippen LogP contribution < -0.4 is 10.1 Å². The molecule has 21 heavy (non-hydrogen) atoms. The molecule has 2 aromatic rings. The van der Waals surface area contributed by atoms with E-state index in [9.17, 15) is 8.78 Å². The number of nitrogens with one attached hydrogen (secondary N) is 1. The summed E-state index contributed by atoms with van der Waals surface area (Å²) in [5.41, 5.74) is 1.89. The second-order valence-corrected chi connectivity index (χ2v) is 5.20. The first kappa shape index (κ1) is 13.9. The number of aryl methyl sites for hydroxylation is 1. The molecule has 0 aliphatic heterocycles. The fraction of sp³-hybridized carbons (Fsp3) is 0.312. The maximum absolute atomic E-state index is 13.5. The zero-order chi connectivity index (χ0) is 14.8. The summed E-state index contributed by atoms with van der Waals surface area (Å²) in [7, 11) is 0. The van der Waals surface area contributed by atoms with Crippen LogP contribution in [0.15, 0.2) is 30.3 Å². The maximum Gasteiger partial charge on any atom is 0.219 e. The molecule has 1 aliphatic rings. The van der Waals surface area contributed by atoms with Crippen LogP contribution in [0.5, 0.6) is 11.6 Å². The van der Waals surface area contributed by atoms with E-state index in [1.165, 1.54) is 25.0 Å². The molecule has 0 saturated heterocycles. The Morgan fingerprint density at radius 3 is 2.76 bits per heavy atom. The van der Waals surface area contributed by atoms with Crippen molar-refractivity contribution in [2.45, 2.75) is 32.4 Å². The van der Waals surface area contributed by atoms with E-state index in [2.05, 4.69) is 10.3 Å². The molecule has 1 N–H and O–H groups in total. The topological polar surface area (TPSA) is 34.1 Å². The molecule has 0 atom stereocenters. The summed E-state index contributed by atoms with van der Waals surface area (Å²) in [5, 5.41) is 3.41. The van der Waals surface area contributed by atoms with Crippen molar-refractivity contribution in [1.82, 2.24) is 10.3 Å². The number of halogens is 2. The molecule has 1 aliphatic carbocycles. The SMILES string of the molecule is Cc1nc(Oc2cccc(F)c2F)ccc1CNC1CC1. The van der Waals surface area contributed by atoms with E-state index in [0.717, 1.165) is 23.9 Å². The molecular weight excluding hydrogens is 274 g/mol. The lowest BCUT2D eigenvalue weighted by Gasteiger charge is -2.10. The van der Waals surface area contributed by atoms with Crippen molar-refractivity contribution in [3.63, 3.8) is 0 Å². The lowest BCUT2D eigenvalue weighted by atomic mass is 10.2. The van der Waals surface area contributed by atoms with E-state index < -0.39 is 11.6 Å². The molecule has 3 rings (SSSR count). The minimum atomic E-state index is -1.00. The predicted molar refractivity (Wildman–Crippen MR) is 75.3 cm³/mol. The summed E-state index contributed by atoms with van der Waals surface area (Å²) in [6.07, 6.45) is 2.46. The van der Waals surface area contributed by atoms with Gasteiger partial charge in [0.1, 0.15) is 0 Å². The second-order valence-electron chi connectivity index (χ2n) is 5.20. The van der Waals surface area contributed by atoms with Crippen molar-refractivity contribution in [1.29, 1.82) is 0 Å². The van der Waals surface area contributed by atoms with Crippen LogP contribution in [0, 0.1) is 18.6 Å². The Bertz CT molecular complexity index is 657. The Morgan fingerprint density at radius 2 is 2.05 bits per heavy atom. The smallest absolute Gasteiger partial charge is 0.219 e. The molecule has 1 saturated carbocycles. The van der Waals surface area contributed by atoms with Crippen molar-refractivity contribution in [3.8, 4) is 11.6 Å². The average molecular weight is 290 g/mol. The summed E-state index contributed by atoms with van der Waals surface area (Å²) in [6.45, 7) is 2.64. The minimum Gasteiger partial charge on any atom is -0.436 e. The molecule has 110 valence electrons. The maximum atomic E-state index is 13.5. The van der Waals surface area contributed by atoms with Gasteiger partial charge in [0.05, 0.1) is 0 Å². The molecule has 0 radical (unpaired) electrons. The van der Waals surface area contributed by atoms with E-state index >= 15 is 0 Å². The van der Waals surface area contributed by atoms with Crippen LogP contribution in [-0.2, 0) is 6.54 Å². The third-order valence-corrected chi connectivity index (χ3v) is 3.46. The van der Waals surface area contributed by atoms with Gasteiger partial charge in [0.2, 0.25) is 11.7 Å². The third-order valence-electron chi connectivity index (χ3n) is 3.46. The van der Waals surface area contributed by atoms with Gasteiger partial charge in [0.25, 0.3) is 0 Å². The van der Waals surface area contributed by atoms with Crippen LogP contribution in [0.25, 0.3) is 0 Å². The van der Waals surface area contributed by atoms with Crippen molar-refractivity contribution in [2.24, 2.45) is 0 Å². The first-order valence-electron chi connectivity index (χ1n) is 6.95. The van der Waals surface area contributed by atoms with Gasteiger partial charge in [-0.15, -0.1) is 0 Å². The van der Waals surface area contributed by atoms with Crippen LogP contribution in [0.2, 0.25) is 0 Å². The van der Waals surface area contributed by atoms with Crippen LogP contribution in [0.3, 0.4) is 0 Å². The first-order valence-corrected chi connectivity index (χ1v) is 6.95. The van der Waals surface area contributed by atoms with Crippen molar-refractivity contribution in [2.75, 3.05) is 0 Å². The lowest BCUT2D eigenvalue weighted by molar-refractivity contribution is 0.404. The predicted octanol–water partition coefficient (Wildman–Crippen LogP) is 3.71. The molecule has 0 unspecified atom stereocenters. The highest BCUT2D eigenvalue weighted by Crippen LogP contribution is 2.25. The normalized spacial score (nSPS) is 14.2. The van der Waals surface area contributed by atoms with E-state index in [-0.39, 0.29) is 11.6 Å². The lowest BCUT2D eigenvalue weighted by Crippen LogP contribution is -2.16. The summed E-state index contributed by atoms with van der Waals surface area (Å²) in [4.78, 5) is 4.29. The monoisotopic (exact) mass is 290 g/mol. The minimum absolute atomic E-state index is 0.161. The van der Waals surface area contributed by atoms with Gasteiger partial charge in [-0.3, -0.25) is 0 Å². The number of benzene rings is 1. The molecule has 1 aromatic carbocycles. The average Bonchev–Trinajstić information content (AvgIpc) is 3.27. The van der Waals surface area contributed by atoms with E-state index in [1.807, 2.05) is 13.0 Å². The standard InChI is InChI=1S/C16H16F2N2O/c1-10-11(9-19-12-6-7-12)5-8-15(20-10)21-14-4-2-3-13(17)16(14)18/h2-5,8,12,19H,6-7,9H2,1H3. The Balaban J connectivity index is 1.73. The Labute approximate surface area is 122 Å². The van der Waals surface area contributed by atoms with Gasteiger partial charge >= 0.3 is 0 Å². The van der Waals surface area contributed by atoms with Crippen LogP contribution >= 0.6 is 0 Å². The van der Waals surface area contributed by atoms with Gasteiger partial charge in [0.15, 0.2) is 11.6 Å². The fourth-order valence-electron chi connectivity index (χ4n) is 2.03.